The number of aromatic nitrogens is 1. The van der Waals surface area contributed by atoms with Crippen molar-refractivity contribution in [1.29, 1.82) is 0 Å². The maximum Gasteiger partial charge on any atom is 1.00 e. The minimum absolute atomic E-state index is 0. The molecule has 1 nitrogen and oxygen atoms in total. The van der Waals surface area contributed by atoms with Gasteiger partial charge in [-0.2, -0.15) is 0 Å². The molecule has 3 heteroatoms. The van der Waals surface area contributed by atoms with Crippen LogP contribution in [-0.4, -0.2) is 4.98 Å². The number of hydrogen-bond donors (Lipinski definition) is 0. The second-order valence-corrected chi connectivity index (χ2v) is 3.05. The summed E-state index contributed by atoms with van der Waals surface area (Å²) in [7, 11) is 0. The van der Waals surface area contributed by atoms with Gasteiger partial charge in [-0.25, -0.2) is 24.1 Å². The van der Waals surface area contributed by atoms with Gasteiger partial charge >= 0.3 is 51.4 Å². The standard InChI is InChI=1S/C9H10NS.C2H6.K/c1-4-5-7(2)9-8(3)10-6-11-9;1-2;/h4-6H,1-2H2,3H3;1-2H3;/q-1;;+1/b5-4-;;. The van der Waals surface area contributed by atoms with Crippen molar-refractivity contribution in [1.82, 2.24) is 4.98 Å². The summed E-state index contributed by atoms with van der Waals surface area (Å²) in [6.07, 6.45) is 3.63. The quantitative estimate of drug-likeness (QED) is 0.420. The Morgan fingerprint density at radius 3 is 2.50 bits per heavy atom. The molecule has 0 aliphatic carbocycles. The van der Waals surface area contributed by atoms with Crippen LogP contribution < -0.4 is 51.4 Å². The molecule has 0 saturated carbocycles. The molecule has 0 aromatic carbocycles. The van der Waals surface area contributed by atoms with Gasteiger partial charge in [0.2, 0.25) is 0 Å². The molecule has 0 fully saturated rings. The molecule has 0 saturated heterocycles. The van der Waals surface area contributed by atoms with Crippen LogP contribution >= 0.6 is 11.3 Å². The van der Waals surface area contributed by atoms with Gasteiger partial charge in [-0.1, -0.05) is 19.4 Å². The van der Waals surface area contributed by atoms with E-state index in [2.05, 4.69) is 18.5 Å². The van der Waals surface area contributed by atoms with Gasteiger partial charge in [-0.05, 0) is 6.92 Å². The summed E-state index contributed by atoms with van der Waals surface area (Å²) in [6, 6.07) is 0. The monoisotopic (exact) mass is 233 g/mol. The molecule has 1 rings (SSSR count). The van der Waals surface area contributed by atoms with Gasteiger partial charge in [0, 0.05) is 4.88 Å². The number of rotatable bonds is 2. The van der Waals surface area contributed by atoms with Gasteiger partial charge in [0.05, 0.1) is 11.2 Å². The number of hydrogen-bond acceptors (Lipinski definition) is 2. The van der Waals surface area contributed by atoms with Gasteiger partial charge in [-0.15, -0.1) is 17.9 Å². The third-order valence-corrected chi connectivity index (χ3v) is 2.36. The summed E-state index contributed by atoms with van der Waals surface area (Å²) in [5, 5.41) is 0. The molecular weight excluding hydrogens is 217 g/mol. The van der Waals surface area contributed by atoms with Crippen molar-refractivity contribution in [3.05, 3.63) is 41.7 Å². The first-order valence-electron chi connectivity index (χ1n) is 4.31. The molecule has 1 heterocycles. The van der Waals surface area contributed by atoms with Gasteiger partial charge in [0.25, 0.3) is 0 Å². The number of thiazole rings is 1. The number of aryl methyl sites for hydroxylation is 1. The van der Waals surface area contributed by atoms with Crippen molar-refractivity contribution < 1.29 is 51.4 Å². The Hall–Kier alpha value is 0.616. The topological polar surface area (TPSA) is 12.9 Å². The Balaban J connectivity index is 0. The summed E-state index contributed by atoms with van der Waals surface area (Å²) in [4.78, 5) is 5.27. The fourth-order valence-electron chi connectivity index (χ4n) is 0.828. The molecule has 1 aromatic rings. The van der Waals surface area contributed by atoms with Crippen LogP contribution in [0.3, 0.4) is 0 Å². The van der Waals surface area contributed by atoms with Crippen LogP contribution in [-0.2, 0) is 0 Å². The number of allylic oxidation sites excluding steroid dienone is 3. The molecule has 0 bridgehead atoms. The van der Waals surface area contributed by atoms with E-state index in [1.54, 1.807) is 17.4 Å². The Labute approximate surface area is 134 Å². The van der Waals surface area contributed by atoms with Crippen molar-refractivity contribution in [2.45, 2.75) is 20.8 Å². The Bertz CT molecular complexity index is 289. The maximum absolute atomic E-state index is 4.12. The zero-order chi connectivity index (χ0) is 10.3. The average molecular weight is 233 g/mol. The SMILES string of the molecule is C=C(/C=C\[CH2-])c1scnc1C.CC.[K+]. The summed E-state index contributed by atoms with van der Waals surface area (Å²) < 4.78 is 0. The molecule has 0 unspecified atom stereocenters. The Morgan fingerprint density at radius 1 is 1.57 bits per heavy atom. The fourth-order valence-corrected chi connectivity index (χ4v) is 1.59. The van der Waals surface area contributed by atoms with E-state index < -0.39 is 0 Å². The van der Waals surface area contributed by atoms with Gasteiger partial charge in [-0.3, -0.25) is 0 Å². The van der Waals surface area contributed by atoms with Crippen molar-refractivity contribution in [2.24, 2.45) is 0 Å². The molecule has 14 heavy (non-hydrogen) atoms. The van der Waals surface area contributed by atoms with Crippen LogP contribution in [0.25, 0.3) is 5.57 Å². The van der Waals surface area contributed by atoms with Gasteiger partial charge in [0.15, 0.2) is 0 Å². The first kappa shape index (κ1) is 17.0. The third-order valence-electron chi connectivity index (χ3n) is 1.36. The van der Waals surface area contributed by atoms with E-state index in [0.29, 0.717) is 0 Å². The van der Waals surface area contributed by atoms with Crippen LogP contribution in [0, 0.1) is 13.8 Å². The average Bonchev–Trinajstić information content (AvgIpc) is 2.55. The third kappa shape index (κ3) is 5.49. The van der Waals surface area contributed by atoms with E-state index in [9.17, 15) is 0 Å². The van der Waals surface area contributed by atoms with Crippen molar-refractivity contribution in [2.75, 3.05) is 0 Å². The molecule has 0 radical (unpaired) electrons. The first-order chi connectivity index (χ1) is 6.25. The van der Waals surface area contributed by atoms with Crippen LogP contribution in [0.2, 0.25) is 0 Å². The van der Waals surface area contributed by atoms with Crippen molar-refractivity contribution in [3.63, 3.8) is 0 Å². The van der Waals surface area contributed by atoms with Crippen LogP contribution in [0.5, 0.6) is 0 Å². The second-order valence-electron chi connectivity index (χ2n) is 2.19. The fraction of sp³-hybridized carbons (Fsp3) is 0.273. The Morgan fingerprint density at radius 2 is 2.14 bits per heavy atom. The summed E-state index contributed by atoms with van der Waals surface area (Å²) in [5.74, 6) is 0. The van der Waals surface area contributed by atoms with E-state index in [-0.39, 0.29) is 51.4 Å². The molecule has 0 aliphatic rings. The zero-order valence-corrected chi connectivity index (χ0v) is 13.4. The van der Waals surface area contributed by atoms with Gasteiger partial charge < -0.3 is 0 Å². The van der Waals surface area contributed by atoms with E-state index in [4.69, 9.17) is 0 Å². The minimum atomic E-state index is 0. The summed E-state index contributed by atoms with van der Waals surface area (Å²) in [6.45, 7) is 13.5. The minimum Gasteiger partial charge on any atom is -0.249 e. The molecule has 0 spiro atoms. The zero-order valence-electron chi connectivity index (χ0n) is 9.50. The van der Waals surface area contributed by atoms with E-state index in [0.717, 1.165) is 16.1 Å². The molecule has 0 aliphatic heterocycles. The summed E-state index contributed by atoms with van der Waals surface area (Å²) >= 11 is 1.61. The smallest absolute Gasteiger partial charge is 0.249 e. The second kappa shape index (κ2) is 10.1. The van der Waals surface area contributed by atoms with Crippen molar-refractivity contribution in [3.8, 4) is 0 Å². The molecule has 0 atom stereocenters. The van der Waals surface area contributed by atoms with Gasteiger partial charge in [0.1, 0.15) is 0 Å². The molecule has 0 N–H and O–H groups in total. The molecule has 72 valence electrons. The van der Waals surface area contributed by atoms with Crippen molar-refractivity contribution >= 4 is 16.9 Å². The predicted octanol–water partition coefficient (Wildman–Crippen LogP) is 0.885. The largest absolute Gasteiger partial charge is 1.00 e. The number of nitrogens with zero attached hydrogens (tertiary/aromatic N) is 1. The van der Waals surface area contributed by atoms with E-state index >= 15 is 0 Å². The summed E-state index contributed by atoms with van der Waals surface area (Å²) in [5.41, 5.74) is 3.85. The van der Waals surface area contributed by atoms with E-state index in [1.807, 2.05) is 32.4 Å². The predicted molar refractivity (Wildman–Crippen MR) is 61.7 cm³/mol. The van der Waals surface area contributed by atoms with Crippen LogP contribution in [0.4, 0.5) is 0 Å². The van der Waals surface area contributed by atoms with Crippen LogP contribution in [0.1, 0.15) is 24.4 Å². The Kier molecular flexibility index (Phi) is 12.3. The van der Waals surface area contributed by atoms with E-state index in [1.165, 1.54) is 0 Å². The molecular formula is C11H16KNS. The molecule has 1 aromatic heterocycles. The maximum atomic E-state index is 4.12. The normalized spacial score (nSPS) is 8.79. The van der Waals surface area contributed by atoms with Crippen LogP contribution in [0.15, 0.2) is 24.2 Å². The molecule has 0 amide bonds. The first-order valence-corrected chi connectivity index (χ1v) is 5.19.